The van der Waals surface area contributed by atoms with Gasteiger partial charge in [0.1, 0.15) is 13.2 Å². The van der Waals surface area contributed by atoms with Crippen LogP contribution in [0.25, 0.3) is 0 Å². The van der Waals surface area contributed by atoms with Gasteiger partial charge >= 0.3 is 89.5 Å². The fraction of sp³-hybridized carbons (Fsp3) is 0.897. The molecule has 1 atom stereocenters. The quantitative estimate of drug-likeness (QED) is 0.0284. The molecule has 0 aromatic heterocycles. The van der Waals surface area contributed by atoms with Crippen LogP contribution in [0.5, 0.6) is 0 Å². The second-order valence-corrected chi connectivity index (χ2v) is 16.5. The van der Waals surface area contributed by atoms with E-state index in [0.29, 0.717) is 0 Å². The normalized spacial score (nSPS) is 16.0. The minimum absolute atomic E-state index is 0.182. The molecule has 436 valence electrons. The fourth-order valence-corrected chi connectivity index (χ4v) is 6.27. The Morgan fingerprint density at radius 1 is 0.378 bits per heavy atom. The standard InChI is InChI=1S/C39H45F26NO8/c40-28(41,30(44,45)32(48,49)34(52,53)36(56,57)38(60,61)62)15-9-5-1-3-7-11-25(68)72-21-23(22-73-26(69)14-13-24(67)66-17-19-71-20-18-66)74-27(70)12-8-4-2-6-10-16-29(42,43)31(46,47)33(50,51)35(54,55)37(58,59)39(63,64)65/h23H,1-22H2. The lowest BCUT2D eigenvalue weighted by molar-refractivity contribution is -0.440. The van der Waals surface area contributed by atoms with Crippen molar-refractivity contribution >= 4 is 23.8 Å². The highest BCUT2D eigenvalue weighted by molar-refractivity contribution is 5.81. The van der Waals surface area contributed by atoms with Crippen molar-refractivity contribution in [2.24, 2.45) is 0 Å². The molecule has 0 N–H and O–H groups in total. The van der Waals surface area contributed by atoms with Gasteiger partial charge in [-0.15, -0.1) is 0 Å². The number of esters is 3. The molecule has 0 radical (unpaired) electrons. The van der Waals surface area contributed by atoms with Crippen LogP contribution >= 0.6 is 0 Å². The summed E-state index contributed by atoms with van der Waals surface area (Å²) < 4.78 is 366. The van der Waals surface area contributed by atoms with E-state index in [1.54, 1.807) is 0 Å². The Morgan fingerprint density at radius 3 is 1.05 bits per heavy atom. The second-order valence-electron chi connectivity index (χ2n) is 16.5. The molecule has 1 rings (SSSR count). The summed E-state index contributed by atoms with van der Waals surface area (Å²) in [7, 11) is 0. The van der Waals surface area contributed by atoms with Gasteiger partial charge in [0.05, 0.1) is 19.6 Å². The van der Waals surface area contributed by atoms with Crippen molar-refractivity contribution < 1.29 is 152 Å². The third-order valence-electron chi connectivity index (χ3n) is 10.8. The number of hydrogen-bond donors (Lipinski definition) is 0. The molecule has 0 bridgehead atoms. The van der Waals surface area contributed by atoms with Crippen LogP contribution in [-0.2, 0) is 38.1 Å². The third-order valence-corrected chi connectivity index (χ3v) is 10.8. The first kappa shape index (κ1) is 68.0. The zero-order valence-corrected chi connectivity index (χ0v) is 37.7. The number of nitrogens with zero attached hydrogens (tertiary/aromatic N) is 1. The highest BCUT2D eigenvalue weighted by atomic mass is 19.4. The van der Waals surface area contributed by atoms with Gasteiger partial charge < -0.3 is 23.8 Å². The van der Waals surface area contributed by atoms with Crippen LogP contribution in [0, 0.1) is 0 Å². The molecule has 1 amide bonds. The lowest BCUT2D eigenvalue weighted by Gasteiger charge is -2.39. The van der Waals surface area contributed by atoms with Crippen molar-refractivity contribution in [2.75, 3.05) is 39.5 Å². The van der Waals surface area contributed by atoms with Crippen LogP contribution in [0.3, 0.4) is 0 Å². The first-order valence-electron chi connectivity index (χ1n) is 21.5. The van der Waals surface area contributed by atoms with Crippen LogP contribution in [0.2, 0.25) is 0 Å². The Bertz CT molecular complexity index is 1820. The summed E-state index contributed by atoms with van der Waals surface area (Å²) in [5, 5.41) is 0. The van der Waals surface area contributed by atoms with Crippen molar-refractivity contribution in [2.45, 2.75) is 180 Å². The number of amides is 1. The zero-order valence-electron chi connectivity index (χ0n) is 37.7. The molecule has 1 aliphatic heterocycles. The van der Waals surface area contributed by atoms with Crippen molar-refractivity contribution in [3.05, 3.63) is 0 Å². The van der Waals surface area contributed by atoms with Gasteiger partial charge in [-0.1, -0.05) is 38.5 Å². The predicted octanol–water partition coefficient (Wildman–Crippen LogP) is 12.6. The maximum absolute atomic E-state index is 14.0. The van der Waals surface area contributed by atoms with E-state index in [4.69, 9.17) is 18.9 Å². The molecule has 1 heterocycles. The molecular weight excluding hydrogens is 1100 g/mol. The summed E-state index contributed by atoms with van der Waals surface area (Å²) in [4.78, 5) is 50.9. The Balaban J connectivity index is 2.77. The van der Waals surface area contributed by atoms with E-state index in [1.165, 1.54) is 4.90 Å². The maximum atomic E-state index is 14.0. The Hall–Kier alpha value is -3.98. The molecule has 0 aromatic carbocycles. The molecule has 35 heteroatoms. The number of morpholine rings is 1. The topological polar surface area (TPSA) is 108 Å². The number of rotatable bonds is 32. The van der Waals surface area contributed by atoms with E-state index in [2.05, 4.69) is 0 Å². The van der Waals surface area contributed by atoms with Gasteiger partial charge in [-0.3, -0.25) is 19.2 Å². The lowest BCUT2D eigenvalue weighted by atomic mass is 9.91. The molecule has 1 fully saturated rings. The van der Waals surface area contributed by atoms with Crippen LogP contribution < -0.4 is 0 Å². The average molecular weight is 1150 g/mol. The third kappa shape index (κ3) is 15.8. The monoisotopic (exact) mass is 1150 g/mol. The largest absolute Gasteiger partial charge is 0.462 e. The molecule has 1 saturated heterocycles. The van der Waals surface area contributed by atoms with E-state index in [-0.39, 0.29) is 71.2 Å². The van der Waals surface area contributed by atoms with Gasteiger partial charge in [-0.2, -0.15) is 114 Å². The number of hydrogen-bond acceptors (Lipinski definition) is 8. The van der Waals surface area contributed by atoms with E-state index in [9.17, 15) is 133 Å². The van der Waals surface area contributed by atoms with Crippen molar-refractivity contribution in [3.8, 4) is 0 Å². The molecule has 0 spiro atoms. The van der Waals surface area contributed by atoms with E-state index in [1.807, 2.05) is 0 Å². The Morgan fingerprint density at radius 2 is 0.689 bits per heavy atom. The zero-order chi connectivity index (χ0) is 57.8. The van der Waals surface area contributed by atoms with Gasteiger partial charge in [0, 0.05) is 45.2 Å². The van der Waals surface area contributed by atoms with Crippen molar-refractivity contribution in [1.82, 2.24) is 4.90 Å². The highest BCUT2D eigenvalue weighted by Gasteiger charge is 2.92. The van der Waals surface area contributed by atoms with Crippen molar-refractivity contribution in [3.63, 3.8) is 0 Å². The summed E-state index contributed by atoms with van der Waals surface area (Å²) >= 11 is 0. The number of carbonyl (C=O) groups is 4. The summed E-state index contributed by atoms with van der Waals surface area (Å²) in [5.74, 6) is -79.0. The molecule has 9 nitrogen and oxygen atoms in total. The first-order valence-corrected chi connectivity index (χ1v) is 21.5. The van der Waals surface area contributed by atoms with Crippen molar-refractivity contribution in [1.29, 1.82) is 0 Å². The Kier molecular flexibility index (Phi) is 23.4. The molecule has 0 saturated carbocycles. The minimum atomic E-state index is -8.05. The molecule has 0 aromatic rings. The predicted molar refractivity (Wildman–Crippen MR) is 195 cm³/mol. The molecular formula is C39H45F26NO8. The number of unbranched alkanes of at least 4 members (excludes halogenated alkanes) is 8. The van der Waals surface area contributed by atoms with Crippen LogP contribution in [0.1, 0.15) is 103 Å². The van der Waals surface area contributed by atoms with Gasteiger partial charge in [0.2, 0.25) is 5.91 Å². The highest BCUT2D eigenvalue weighted by Crippen LogP contribution is 2.62. The number of halogens is 26. The van der Waals surface area contributed by atoms with Gasteiger partial charge in [0.15, 0.2) is 6.10 Å². The van der Waals surface area contributed by atoms with Crippen LogP contribution in [-0.4, -0.2) is 146 Å². The van der Waals surface area contributed by atoms with Crippen LogP contribution in [0.4, 0.5) is 114 Å². The summed E-state index contributed by atoms with van der Waals surface area (Å²) in [5.41, 5.74) is 0. The fourth-order valence-electron chi connectivity index (χ4n) is 6.27. The first-order chi connectivity index (χ1) is 33.2. The van der Waals surface area contributed by atoms with E-state index >= 15 is 0 Å². The number of ether oxygens (including phenoxy) is 4. The molecule has 0 aliphatic carbocycles. The smallest absolute Gasteiger partial charge is 0.460 e. The lowest BCUT2D eigenvalue weighted by Crippen LogP contribution is -2.70. The van der Waals surface area contributed by atoms with E-state index in [0.717, 1.165) is 0 Å². The van der Waals surface area contributed by atoms with Gasteiger partial charge in [-0.25, -0.2) is 0 Å². The number of carbonyl (C=O) groups excluding carboxylic acids is 4. The molecule has 1 aliphatic rings. The SMILES string of the molecule is O=C(CCCCCCCC(F)(F)C(F)(F)C(F)(F)C(F)(F)C(F)(F)C(F)(F)F)OCC(COC(=O)CCC(=O)N1CCOCC1)OC(=O)CCCCCCCC(F)(F)C(F)(F)C(F)(F)C(F)(F)C(F)(F)C(F)(F)F. The van der Waals surface area contributed by atoms with Gasteiger partial charge in [0.25, 0.3) is 0 Å². The molecule has 74 heavy (non-hydrogen) atoms. The summed E-state index contributed by atoms with van der Waals surface area (Å²) in [6.45, 7) is -0.911. The maximum Gasteiger partial charge on any atom is 0.460 e. The average Bonchev–Trinajstić information content (AvgIpc) is 3.27. The Labute approximate surface area is 401 Å². The minimum Gasteiger partial charge on any atom is -0.462 e. The van der Waals surface area contributed by atoms with Gasteiger partial charge in [-0.05, 0) is 25.7 Å². The second kappa shape index (κ2) is 25.4. The van der Waals surface area contributed by atoms with Crippen LogP contribution in [0.15, 0.2) is 0 Å². The van der Waals surface area contributed by atoms with E-state index < -0.39 is 172 Å². The summed E-state index contributed by atoms with van der Waals surface area (Å²) in [6.07, 6.45) is -28.9. The number of alkyl halides is 26. The molecule has 1 unspecified atom stereocenters. The summed E-state index contributed by atoms with van der Waals surface area (Å²) in [6, 6.07) is 0.